The summed E-state index contributed by atoms with van der Waals surface area (Å²) in [6.45, 7) is 3.72. The lowest BCUT2D eigenvalue weighted by Crippen LogP contribution is -2.22. The normalized spacial score (nSPS) is 20.5. The molecule has 1 unspecified atom stereocenters. The smallest absolute Gasteiger partial charge is 0.201 e. The standard InChI is InChI=1S/C36H38F6O2/c1-3-4-19-43-30-18-17-29(35(41)36(30)42)23-8-6-22(7-9-23)28-16-12-25(32(38)34(28)40)20-44-26-13-10-24(11-14-26)27-15-5-21(2)31(37)33(27)39/h5,8,12,15-18,22,24,26H,3-4,6-7,9-11,13-14,19-20H2,1-2H3. The molecular formula is C36H38F6O2. The van der Waals surface area contributed by atoms with Crippen molar-refractivity contribution >= 4 is 5.57 Å². The number of hydrogen-bond acceptors (Lipinski definition) is 2. The molecule has 236 valence electrons. The zero-order valence-electron chi connectivity index (χ0n) is 25.1. The van der Waals surface area contributed by atoms with Gasteiger partial charge in [-0.1, -0.05) is 43.7 Å². The third-order valence-electron chi connectivity index (χ3n) is 9.09. The van der Waals surface area contributed by atoms with Gasteiger partial charge in [-0.25, -0.2) is 22.0 Å². The van der Waals surface area contributed by atoms with Crippen LogP contribution < -0.4 is 4.74 Å². The molecule has 0 saturated heterocycles. The monoisotopic (exact) mass is 616 g/mol. The average molecular weight is 617 g/mol. The highest BCUT2D eigenvalue weighted by atomic mass is 19.2. The summed E-state index contributed by atoms with van der Waals surface area (Å²) in [4.78, 5) is 0. The van der Waals surface area contributed by atoms with Gasteiger partial charge in [-0.15, -0.1) is 0 Å². The summed E-state index contributed by atoms with van der Waals surface area (Å²) in [6, 6.07) is 9.29. The van der Waals surface area contributed by atoms with E-state index < -0.39 is 34.9 Å². The molecule has 8 heteroatoms. The molecule has 0 bridgehead atoms. The van der Waals surface area contributed by atoms with Gasteiger partial charge in [0.1, 0.15) is 0 Å². The molecular weight excluding hydrogens is 578 g/mol. The molecule has 0 amide bonds. The van der Waals surface area contributed by atoms with Crippen LogP contribution in [-0.4, -0.2) is 12.7 Å². The first kappa shape index (κ1) is 32.1. The molecule has 2 aliphatic carbocycles. The summed E-state index contributed by atoms with van der Waals surface area (Å²) >= 11 is 0. The van der Waals surface area contributed by atoms with Crippen LogP contribution in [0, 0.1) is 41.8 Å². The Hall–Kier alpha value is -3.26. The van der Waals surface area contributed by atoms with Gasteiger partial charge in [0.05, 0.1) is 19.3 Å². The first-order chi connectivity index (χ1) is 21.2. The highest BCUT2D eigenvalue weighted by molar-refractivity contribution is 5.68. The van der Waals surface area contributed by atoms with Crippen molar-refractivity contribution in [3.63, 3.8) is 0 Å². The van der Waals surface area contributed by atoms with E-state index in [1.54, 1.807) is 24.3 Å². The Labute approximate surface area is 255 Å². The highest BCUT2D eigenvalue weighted by Crippen LogP contribution is 2.40. The quantitative estimate of drug-likeness (QED) is 0.167. The van der Waals surface area contributed by atoms with Crippen molar-refractivity contribution in [2.75, 3.05) is 6.61 Å². The van der Waals surface area contributed by atoms with Gasteiger partial charge in [-0.2, -0.15) is 4.39 Å². The Morgan fingerprint density at radius 3 is 2.11 bits per heavy atom. The molecule has 1 saturated carbocycles. The van der Waals surface area contributed by atoms with E-state index in [0.29, 0.717) is 62.7 Å². The van der Waals surface area contributed by atoms with Crippen LogP contribution in [0.2, 0.25) is 0 Å². The van der Waals surface area contributed by atoms with Gasteiger partial charge in [0.2, 0.25) is 5.82 Å². The van der Waals surface area contributed by atoms with Gasteiger partial charge < -0.3 is 9.47 Å². The molecule has 44 heavy (non-hydrogen) atoms. The van der Waals surface area contributed by atoms with E-state index >= 15 is 8.78 Å². The second kappa shape index (κ2) is 14.2. The molecule has 0 aliphatic heterocycles. The van der Waals surface area contributed by atoms with E-state index in [1.165, 1.54) is 25.1 Å². The van der Waals surface area contributed by atoms with Crippen molar-refractivity contribution < 1.29 is 35.8 Å². The Morgan fingerprint density at radius 2 is 1.41 bits per heavy atom. The average Bonchev–Trinajstić information content (AvgIpc) is 3.03. The number of ether oxygens (including phenoxy) is 2. The number of rotatable bonds is 10. The first-order valence-corrected chi connectivity index (χ1v) is 15.5. The zero-order valence-corrected chi connectivity index (χ0v) is 25.1. The van der Waals surface area contributed by atoms with Crippen LogP contribution in [0.15, 0.2) is 42.5 Å². The van der Waals surface area contributed by atoms with Gasteiger partial charge in [0, 0.05) is 11.1 Å². The van der Waals surface area contributed by atoms with E-state index in [2.05, 4.69) is 0 Å². The number of allylic oxidation sites excluding steroid dienone is 2. The maximum atomic E-state index is 15.2. The van der Waals surface area contributed by atoms with Crippen LogP contribution in [-0.2, 0) is 11.3 Å². The molecule has 0 N–H and O–H groups in total. The predicted molar refractivity (Wildman–Crippen MR) is 159 cm³/mol. The number of unbranched alkanes of at least 4 members (excludes halogenated alkanes) is 1. The van der Waals surface area contributed by atoms with Gasteiger partial charge in [-0.3, -0.25) is 0 Å². The summed E-state index contributed by atoms with van der Waals surface area (Å²) in [6.07, 6.45) is 6.87. The second-order valence-corrected chi connectivity index (χ2v) is 12.0. The molecule has 0 heterocycles. The fraction of sp³-hybridized carbons (Fsp3) is 0.444. The number of halogens is 6. The van der Waals surface area contributed by atoms with Crippen LogP contribution in [0.1, 0.15) is 104 Å². The van der Waals surface area contributed by atoms with Gasteiger partial charge in [0.25, 0.3) is 0 Å². The third-order valence-corrected chi connectivity index (χ3v) is 9.09. The second-order valence-electron chi connectivity index (χ2n) is 12.0. The zero-order chi connectivity index (χ0) is 31.4. The molecule has 0 radical (unpaired) electrons. The Bertz CT molecular complexity index is 1510. The summed E-state index contributed by atoms with van der Waals surface area (Å²) < 4.78 is 99.4. The lowest BCUT2D eigenvalue weighted by Gasteiger charge is -2.29. The van der Waals surface area contributed by atoms with Crippen molar-refractivity contribution in [1.82, 2.24) is 0 Å². The molecule has 1 fully saturated rings. The molecule has 0 spiro atoms. The minimum atomic E-state index is -1.02. The van der Waals surface area contributed by atoms with Crippen LogP contribution in [0.25, 0.3) is 5.57 Å². The van der Waals surface area contributed by atoms with Crippen molar-refractivity contribution in [3.8, 4) is 5.75 Å². The number of benzene rings is 3. The first-order valence-electron chi connectivity index (χ1n) is 15.5. The van der Waals surface area contributed by atoms with Crippen molar-refractivity contribution in [2.24, 2.45) is 0 Å². The molecule has 0 aromatic heterocycles. The largest absolute Gasteiger partial charge is 0.490 e. The molecule has 1 atom stereocenters. The van der Waals surface area contributed by atoms with Crippen LogP contribution in [0.5, 0.6) is 5.75 Å². The van der Waals surface area contributed by atoms with E-state index in [4.69, 9.17) is 9.47 Å². The number of hydrogen-bond donors (Lipinski definition) is 0. The van der Waals surface area contributed by atoms with Crippen molar-refractivity contribution in [2.45, 2.75) is 96.2 Å². The minimum Gasteiger partial charge on any atom is -0.490 e. The van der Waals surface area contributed by atoms with E-state index in [0.717, 1.165) is 12.8 Å². The van der Waals surface area contributed by atoms with E-state index in [1.807, 2.05) is 6.92 Å². The molecule has 2 nitrogen and oxygen atoms in total. The summed E-state index contributed by atoms with van der Waals surface area (Å²) in [5.41, 5.74) is 1.81. The summed E-state index contributed by atoms with van der Waals surface area (Å²) in [5, 5.41) is 0. The Balaban J connectivity index is 1.17. The topological polar surface area (TPSA) is 18.5 Å². The fourth-order valence-corrected chi connectivity index (χ4v) is 6.33. The Kier molecular flexibility index (Phi) is 10.4. The number of aryl methyl sites for hydroxylation is 1. The van der Waals surface area contributed by atoms with Crippen LogP contribution in [0.4, 0.5) is 26.3 Å². The molecule has 3 aromatic carbocycles. The highest BCUT2D eigenvalue weighted by Gasteiger charge is 2.28. The van der Waals surface area contributed by atoms with E-state index in [9.17, 15) is 17.6 Å². The van der Waals surface area contributed by atoms with E-state index in [-0.39, 0.29) is 52.5 Å². The Morgan fingerprint density at radius 1 is 0.705 bits per heavy atom. The van der Waals surface area contributed by atoms with Gasteiger partial charge in [0.15, 0.2) is 34.8 Å². The summed E-state index contributed by atoms with van der Waals surface area (Å²) in [7, 11) is 0. The summed E-state index contributed by atoms with van der Waals surface area (Å²) in [5.74, 6) is -5.97. The fourth-order valence-electron chi connectivity index (χ4n) is 6.33. The van der Waals surface area contributed by atoms with Crippen molar-refractivity contribution in [3.05, 3.63) is 105 Å². The predicted octanol–water partition coefficient (Wildman–Crippen LogP) is 10.6. The molecule has 5 rings (SSSR count). The SMILES string of the molecule is CCCCOc1ccc(C2=CCC(c3ccc(COC4CCC(c5ccc(C)c(F)c5F)CC4)c(F)c3F)CC2)c(F)c1F. The lowest BCUT2D eigenvalue weighted by molar-refractivity contribution is 0.0116. The van der Waals surface area contributed by atoms with Gasteiger partial charge >= 0.3 is 0 Å². The molecule has 3 aromatic rings. The maximum absolute atomic E-state index is 15.2. The van der Waals surface area contributed by atoms with Crippen LogP contribution >= 0.6 is 0 Å². The van der Waals surface area contributed by atoms with Crippen LogP contribution in [0.3, 0.4) is 0 Å². The molecule has 2 aliphatic rings. The third kappa shape index (κ3) is 6.85. The lowest BCUT2D eigenvalue weighted by atomic mass is 9.82. The minimum absolute atomic E-state index is 0.0937. The maximum Gasteiger partial charge on any atom is 0.201 e. The van der Waals surface area contributed by atoms with Gasteiger partial charge in [-0.05, 0) is 105 Å². The van der Waals surface area contributed by atoms with Crippen molar-refractivity contribution in [1.29, 1.82) is 0 Å².